The van der Waals surface area contributed by atoms with Crippen molar-refractivity contribution in [3.05, 3.63) is 34.3 Å². The second kappa shape index (κ2) is 9.66. The summed E-state index contributed by atoms with van der Waals surface area (Å²) >= 11 is 3.40. The van der Waals surface area contributed by atoms with Gasteiger partial charge in [0, 0.05) is 11.6 Å². The lowest BCUT2D eigenvalue weighted by Gasteiger charge is -2.43. The lowest BCUT2D eigenvalue weighted by Crippen LogP contribution is -2.60. The number of benzene rings is 1. The molecule has 1 saturated heterocycles. The number of aliphatic hydroxyl groups is 2. The molecule has 0 amide bonds. The normalized spacial score (nSPS) is 29.1. The summed E-state index contributed by atoms with van der Waals surface area (Å²) in [6, 6.07) is 7.69. The van der Waals surface area contributed by atoms with Crippen molar-refractivity contribution >= 4 is 24.2 Å². The quantitative estimate of drug-likeness (QED) is 0.586. The van der Waals surface area contributed by atoms with E-state index in [0.717, 1.165) is 10.0 Å². The number of ether oxygens (including phenoxy) is 3. The first-order chi connectivity index (χ1) is 13.0. The van der Waals surface area contributed by atoms with E-state index in [1.807, 2.05) is 24.3 Å². The summed E-state index contributed by atoms with van der Waals surface area (Å²) in [7, 11) is -0.544. The SMILES string of the molecule is CO[C@H]1O[C@H](CO[Si](C)(C)C(C)(C)C)[C@H](O)[C@H](OCc2ccc(Br)cc2)[C@H]1O. The second-order valence-electron chi connectivity index (χ2n) is 8.73. The third-order valence-corrected chi connectivity index (χ3v) is 10.7. The minimum Gasteiger partial charge on any atom is -0.414 e. The lowest BCUT2D eigenvalue weighted by atomic mass is 9.99. The van der Waals surface area contributed by atoms with E-state index in [1.54, 1.807) is 0 Å². The molecular formula is C20H33BrO6Si. The predicted molar refractivity (Wildman–Crippen MR) is 114 cm³/mol. The first kappa shape index (κ1) is 24.0. The summed E-state index contributed by atoms with van der Waals surface area (Å²) in [4.78, 5) is 0. The van der Waals surface area contributed by atoms with E-state index in [2.05, 4.69) is 49.8 Å². The molecule has 1 heterocycles. The zero-order chi connectivity index (χ0) is 21.1. The molecule has 28 heavy (non-hydrogen) atoms. The fourth-order valence-corrected chi connectivity index (χ4v) is 3.99. The molecule has 1 aromatic carbocycles. The number of aliphatic hydroxyl groups excluding tert-OH is 2. The molecule has 1 aromatic rings. The van der Waals surface area contributed by atoms with Crippen LogP contribution >= 0.6 is 15.9 Å². The Hall–Kier alpha value is -0.323. The lowest BCUT2D eigenvalue weighted by molar-refractivity contribution is -0.302. The molecule has 160 valence electrons. The van der Waals surface area contributed by atoms with Crippen molar-refractivity contribution in [3.8, 4) is 0 Å². The molecule has 0 aromatic heterocycles. The first-order valence-electron chi connectivity index (χ1n) is 9.50. The Morgan fingerprint density at radius 3 is 2.25 bits per heavy atom. The Morgan fingerprint density at radius 1 is 1.11 bits per heavy atom. The molecule has 2 rings (SSSR count). The number of hydrogen-bond acceptors (Lipinski definition) is 6. The topological polar surface area (TPSA) is 77.4 Å². The van der Waals surface area contributed by atoms with Gasteiger partial charge in [0.15, 0.2) is 14.6 Å². The third kappa shape index (κ3) is 5.86. The molecule has 0 spiro atoms. The van der Waals surface area contributed by atoms with Gasteiger partial charge in [0.2, 0.25) is 0 Å². The first-order valence-corrected chi connectivity index (χ1v) is 13.2. The average Bonchev–Trinajstić information content (AvgIpc) is 2.61. The summed E-state index contributed by atoms with van der Waals surface area (Å²) in [6.07, 6.45) is -4.49. The van der Waals surface area contributed by atoms with Crippen molar-refractivity contribution < 1.29 is 28.8 Å². The third-order valence-electron chi connectivity index (χ3n) is 5.64. The minimum atomic E-state index is -2.01. The zero-order valence-electron chi connectivity index (χ0n) is 17.5. The Labute approximate surface area is 177 Å². The van der Waals surface area contributed by atoms with E-state index < -0.39 is 39.0 Å². The Kier molecular flexibility index (Phi) is 8.26. The molecular weight excluding hydrogens is 444 g/mol. The highest BCUT2D eigenvalue weighted by atomic mass is 79.9. The molecule has 0 bridgehead atoms. The smallest absolute Gasteiger partial charge is 0.192 e. The van der Waals surface area contributed by atoms with Crippen molar-refractivity contribution in [2.45, 2.75) is 76.2 Å². The molecule has 0 saturated carbocycles. The highest BCUT2D eigenvalue weighted by Gasteiger charge is 2.47. The maximum Gasteiger partial charge on any atom is 0.192 e. The monoisotopic (exact) mass is 476 g/mol. The number of rotatable bonds is 7. The van der Waals surface area contributed by atoms with E-state index in [4.69, 9.17) is 18.6 Å². The van der Waals surface area contributed by atoms with Gasteiger partial charge in [0.1, 0.15) is 24.4 Å². The summed E-state index contributed by atoms with van der Waals surface area (Å²) in [5.41, 5.74) is 0.942. The Bertz CT molecular complexity index is 618. The van der Waals surface area contributed by atoms with Gasteiger partial charge in [-0.25, -0.2) is 0 Å². The van der Waals surface area contributed by atoms with Gasteiger partial charge in [-0.05, 0) is 35.8 Å². The van der Waals surface area contributed by atoms with Crippen LogP contribution in [0.2, 0.25) is 18.1 Å². The van der Waals surface area contributed by atoms with E-state index in [0.29, 0.717) is 0 Å². The summed E-state index contributed by atoms with van der Waals surface area (Å²) in [6.45, 7) is 11.2. The molecule has 0 aliphatic carbocycles. The van der Waals surface area contributed by atoms with Crippen LogP contribution in [0, 0.1) is 0 Å². The largest absolute Gasteiger partial charge is 0.414 e. The van der Waals surface area contributed by atoms with E-state index >= 15 is 0 Å². The zero-order valence-corrected chi connectivity index (χ0v) is 20.1. The molecule has 0 unspecified atom stereocenters. The van der Waals surface area contributed by atoms with Crippen molar-refractivity contribution in [2.75, 3.05) is 13.7 Å². The minimum absolute atomic E-state index is 0.0459. The Morgan fingerprint density at radius 2 is 1.71 bits per heavy atom. The van der Waals surface area contributed by atoms with Gasteiger partial charge in [0.25, 0.3) is 0 Å². The van der Waals surface area contributed by atoms with Gasteiger partial charge in [0.05, 0.1) is 13.2 Å². The molecule has 8 heteroatoms. The van der Waals surface area contributed by atoms with Crippen LogP contribution in [0.1, 0.15) is 26.3 Å². The molecule has 1 aliphatic rings. The molecule has 0 radical (unpaired) electrons. The van der Waals surface area contributed by atoms with Crippen LogP contribution in [-0.2, 0) is 25.2 Å². The highest BCUT2D eigenvalue weighted by molar-refractivity contribution is 9.10. The number of hydrogen-bond donors (Lipinski definition) is 2. The maximum atomic E-state index is 10.8. The van der Waals surface area contributed by atoms with Crippen LogP contribution in [0.5, 0.6) is 0 Å². The van der Waals surface area contributed by atoms with Gasteiger partial charge in [-0.3, -0.25) is 0 Å². The average molecular weight is 477 g/mol. The second-order valence-corrected chi connectivity index (χ2v) is 14.5. The summed E-state index contributed by atoms with van der Waals surface area (Å²) < 4.78 is 24.1. The van der Waals surface area contributed by atoms with Gasteiger partial charge >= 0.3 is 0 Å². The summed E-state index contributed by atoms with van der Waals surface area (Å²) in [5.74, 6) is 0. The van der Waals surface area contributed by atoms with Crippen LogP contribution in [0.25, 0.3) is 0 Å². The summed E-state index contributed by atoms with van der Waals surface area (Å²) in [5, 5.41) is 21.4. The van der Waals surface area contributed by atoms with Gasteiger partial charge < -0.3 is 28.8 Å². The van der Waals surface area contributed by atoms with E-state index in [-0.39, 0.29) is 18.3 Å². The molecule has 5 atom stereocenters. The number of halogens is 1. The van der Waals surface area contributed by atoms with Crippen LogP contribution in [0.4, 0.5) is 0 Å². The predicted octanol–water partition coefficient (Wildman–Crippen LogP) is 3.45. The molecule has 6 nitrogen and oxygen atoms in total. The molecule has 2 N–H and O–H groups in total. The maximum absolute atomic E-state index is 10.8. The van der Waals surface area contributed by atoms with Crippen LogP contribution in [-0.4, -0.2) is 63.0 Å². The van der Waals surface area contributed by atoms with Gasteiger partial charge in [-0.15, -0.1) is 0 Å². The fraction of sp³-hybridized carbons (Fsp3) is 0.700. The van der Waals surface area contributed by atoms with Crippen LogP contribution < -0.4 is 0 Å². The number of methoxy groups -OCH3 is 1. The molecule has 1 aliphatic heterocycles. The fourth-order valence-electron chi connectivity index (χ4n) is 2.71. The van der Waals surface area contributed by atoms with Gasteiger partial charge in [-0.2, -0.15) is 0 Å². The van der Waals surface area contributed by atoms with E-state index in [9.17, 15) is 10.2 Å². The van der Waals surface area contributed by atoms with Crippen LogP contribution in [0.3, 0.4) is 0 Å². The van der Waals surface area contributed by atoms with Gasteiger partial charge in [-0.1, -0.05) is 48.8 Å². The molecule has 1 fully saturated rings. The van der Waals surface area contributed by atoms with Crippen molar-refractivity contribution in [3.63, 3.8) is 0 Å². The standard InChI is InChI=1S/C20H33BrO6Si/c1-20(2,3)28(5,6)26-12-15-16(22)18(17(23)19(24-4)27-15)25-11-13-7-9-14(21)10-8-13/h7-10,15-19,22-23H,11-12H2,1-6H3/t15-,16+,17-,18+,19+/m1/s1. The Balaban J connectivity index is 2.06. The van der Waals surface area contributed by atoms with Crippen molar-refractivity contribution in [1.82, 2.24) is 0 Å². The van der Waals surface area contributed by atoms with Crippen molar-refractivity contribution in [2.24, 2.45) is 0 Å². The van der Waals surface area contributed by atoms with Crippen LogP contribution in [0.15, 0.2) is 28.7 Å². The highest BCUT2D eigenvalue weighted by Crippen LogP contribution is 2.37. The van der Waals surface area contributed by atoms with E-state index in [1.165, 1.54) is 7.11 Å². The van der Waals surface area contributed by atoms with Crippen molar-refractivity contribution in [1.29, 1.82) is 0 Å².